The van der Waals surface area contributed by atoms with E-state index in [0.29, 0.717) is 23.7 Å². The van der Waals surface area contributed by atoms with Crippen LogP contribution >= 0.6 is 0 Å². The molecule has 4 N–H and O–H groups in total. The van der Waals surface area contributed by atoms with Gasteiger partial charge in [-0.3, -0.25) is 20.4 Å². The van der Waals surface area contributed by atoms with Gasteiger partial charge in [0.15, 0.2) is 0 Å². The number of carbonyl (C=O) groups excluding carboxylic acids is 2. The molecule has 0 saturated heterocycles. The molecule has 6 heteroatoms. The van der Waals surface area contributed by atoms with Gasteiger partial charge in [0.2, 0.25) is 11.8 Å². The number of carbonyl (C=O) groups is 2. The molecule has 0 heterocycles. The van der Waals surface area contributed by atoms with Crippen molar-refractivity contribution in [1.82, 2.24) is 21.7 Å². The van der Waals surface area contributed by atoms with E-state index in [2.05, 4.69) is 46.0 Å². The molecule has 142 valence electrons. The topological polar surface area (TPSA) is 82.3 Å². The smallest absolute Gasteiger partial charge is 0.234 e. The van der Waals surface area contributed by atoms with Crippen molar-refractivity contribution in [2.75, 3.05) is 13.1 Å². The van der Waals surface area contributed by atoms with Crippen molar-refractivity contribution < 1.29 is 9.59 Å². The Hall–Kier alpha value is -1.66. The van der Waals surface area contributed by atoms with Crippen LogP contribution in [0.5, 0.6) is 0 Å². The number of amides is 2. The molecule has 6 nitrogen and oxygen atoms in total. The molecule has 0 radical (unpaired) electrons. The highest BCUT2D eigenvalue weighted by Crippen LogP contribution is 2.43. The minimum absolute atomic E-state index is 0.128. The van der Waals surface area contributed by atoms with Crippen molar-refractivity contribution in [3.05, 3.63) is 24.3 Å². The highest BCUT2D eigenvalue weighted by molar-refractivity contribution is 5.83. The number of allylic oxidation sites excluding steroid dienone is 4. The van der Waals surface area contributed by atoms with E-state index < -0.39 is 0 Å². The average molecular weight is 358 g/mol. The highest BCUT2D eigenvalue weighted by atomic mass is 16.2. The summed E-state index contributed by atoms with van der Waals surface area (Å²) >= 11 is 0. The number of hydrogen-bond donors (Lipinski definition) is 4. The minimum Gasteiger partial charge on any atom is -0.292 e. The molecule has 0 aliphatic heterocycles. The van der Waals surface area contributed by atoms with Gasteiger partial charge in [0, 0.05) is 25.9 Å². The second kappa shape index (κ2) is 7.92. The predicted octanol–water partition coefficient (Wildman–Crippen LogP) is 1.43. The number of fused-ring (bicyclic) bond motifs is 4. The third kappa shape index (κ3) is 4.18. The fraction of sp³-hybridized carbons (Fsp3) is 0.700. The highest BCUT2D eigenvalue weighted by Gasteiger charge is 2.36. The van der Waals surface area contributed by atoms with E-state index in [0.717, 1.165) is 24.9 Å². The molecule has 0 aromatic carbocycles. The first kappa shape index (κ1) is 17.7. The van der Waals surface area contributed by atoms with Crippen molar-refractivity contribution in [3.63, 3.8) is 0 Å². The summed E-state index contributed by atoms with van der Waals surface area (Å²) in [6.45, 7) is 1.62. The minimum atomic E-state index is -0.128. The molecule has 6 atom stereocenters. The van der Waals surface area contributed by atoms with Gasteiger partial charge in [0.05, 0.1) is 0 Å². The fourth-order valence-electron chi connectivity index (χ4n) is 5.17. The van der Waals surface area contributed by atoms with Gasteiger partial charge in [0.1, 0.15) is 0 Å². The summed E-state index contributed by atoms with van der Waals surface area (Å²) in [7, 11) is 0. The first-order chi connectivity index (χ1) is 12.7. The Bertz CT molecular complexity index is 551. The van der Waals surface area contributed by atoms with Gasteiger partial charge in [-0.15, -0.1) is 0 Å². The maximum Gasteiger partial charge on any atom is 0.234 e. The van der Waals surface area contributed by atoms with E-state index in [1.54, 1.807) is 0 Å². The van der Waals surface area contributed by atoms with E-state index >= 15 is 0 Å². The van der Waals surface area contributed by atoms with Crippen LogP contribution in [0.15, 0.2) is 24.3 Å². The monoisotopic (exact) mass is 358 g/mol. The maximum atomic E-state index is 11.9. The SMILES string of the molecule is O=C(CCC(=O)NNC[C@H]1C[C@H]2C=C[C@H]1C2)NNC[C@H]1C[C@H]2C=C[C@H]1C2. The normalized spacial score (nSPS) is 36.0. The van der Waals surface area contributed by atoms with Crippen LogP contribution < -0.4 is 21.7 Å². The fourth-order valence-corrected chi connectivity index (χ4v) is 5.17. The van der Waals surface area contributed by atoms with Crippen LogP contribution in [0, 0.1) is 35.5 Å². The lowest BCUT2D eigenvalue weighted by Crippen LogP contribution is -2.43. The predicted molar refractivity (Wildman–Crippen MR) is 99.2 cm³/mol. The molecule has 4 aliphatic carbocycles. The van der Waals surface area contributed by atoms with Crippen LogP contribution in [0.25, 0.3) is 0 Å². The van der Waals surface area contributed by atoms with E-state index in [9.17, 15) is 9.59 Å². The van der Waals surface area contributed by atoms with Gasteiger partial charge >= 0.3 is 0 Å². The average Bonchev–Trinajstić information content (AvgIpc) is 3.41. The van der Waals surface area contributed by atoms with Crippen molar-refractivity contribution in [2.24, 2.45) is 35.5 Å². The molecule has 2 fully saturated rings. The van der Waals surface area contributed by atoms with Gasteiger partial charge in [-0.25, -0.2) is 10.9 Å². The van der Waals surface area contributed by atoms with Gasteiger partial charge in [-0.05, 0) is 61.2 Å². The van der Waals surface area contributed by atoms with Crippen molar-refractivity contribution in [3.8, 4) is 0 Å². The van der Waals surface area contributed by atoms with Gasteiger partial charge < -0.3 is 0 Å². The van der Waals surface area contributed by atoms with Crippen molar-refractivity contribution in [2.45, 2.75) is 38.5 Å². The van der Waals surface area contributed by atoms with Gasteiger partial charge in [0.25, 0.3) is 0 Å². The number of nitrogens with one attached hydrogen (secondary N) is 4. The Morgan fingerprint density at radius 2 is 1.15 bits per heavy atom. The van der Waals surface area contributed by atoms with Crippen LogP contribution in [0.4, 0.5) is 0 Å². The number of hydrogen-bond acceptors (Lipinski definition) is 4. The second-order valence-corrected chi connectivity index (χ2v) is 8.44. The Balaban J connectivity index is 1.03. The van der Waals surface area contributed by atoms with Crippen molar-refractivity contribution in [1.29, 1.82) is 0 Å². The Morgan fingerprint density at radius 3 is 1.50 bits per heavy atom. The largest absolute Gasteiger partial charge is 0.292 e. The third-order valence-electron chi connectivity index (χ3n) is 6.60. The van der Waals surface area contributed by atoms with Crippen LogP contribution in [0.2, 0.25) is 0 Å². The molecule has 0 aromatic heterocycles. The standard InChI is InChI=1S/C20H30N4O2/c25-19(23-21-11-17-9-13-1-3-15(17)7-13)5-6-20(26)24-22-12-18-10-14-2-4-16(18)8-14/h1-4,13-18,21-22H,5-12H2,(H,23,25)(H,24,26)/t13-,14-,15-,16-,17+,18+/m0/s1. The second-order valence-electron chi connectivity index (χ2n) is 8.44. The zero-order valence-corrected chi connectivity index (χ0v) is 15.2. The maximum absolute atomic E-state index is 11.9. The molecule has 4 bridgehead atoms. The summed E-state index contributed by atoms with van der Waals surface area (Å²) in [5.41, 5.74) is 11.5. The molecule has 2 amide bonds. The summed E-state index contributed by atoms with van der Waals surface area (Å²) < 4.78 is 0. The van der Waals surface area contributed by atoms with Crippen LogP contribution in [0.3, 0.4) is 0 Å². The van der Waals surface area contributed by atoms with Crippen LogP contribution in [-0.2, 0) is 9.59 Å². The van der Waals surface area contributed by atoms with Crippen molar-refractivity contribution >= 4 is 11.8 Å². The zero-order valence-electron chi connectivity index (χ0n) is 15.2. The third-order valence-corrected chi connectivity index (χ3v) is 6.60. The first-order valence-corrected chi connectivity index (χ1v) is 10.1. The molecule has 0 aromatic rings. The molecule has 4 rings (SSSR count). The summed E-state index contributed by atoms with van der Waals surface area (Å²) in [6.07, 6.45) is 14.6. The molecule has 0 unspecified atom stereocenters. The summed E-state index contributed by atoms with van der Waals surface area (Å²) in [6, 6.07) is 0. The van der Waals surface area contributed by atoms with E-state index in [4.69, 9.17) is 0 Å². The molecule has 0 spiro atoms. The lowest BCUT2D eigenvalue weighted by molar-refractivity contribution is -0.127. The van der Waals surface area contributed by atoms with Crippen LogP contribution in [-0.4, -0.2) is 24.9 Å². The lowest BCUT2D eigenvalue weighted by Gasteiger charge is -2.19. The number of rotatable bonds is 9. The molecular weight excluding hydrogens is 328 g/mol. The zero-order chi connectivity index (χ0) is 17.9. The molecule has 2 saturated carbocycles. The quantitative estimate of drug-likeness (QED) is 0.371. The Labute approximate surface area is 155 Å². The van der Waals surface area contributed by atoms with Crippen LogP contribution in [0.1, 0.15) is 38.5 Å². The number of hydrazine groups is 2. The van der Waals surface area contributed by atoms with Gasteiger partial charge in [-0.1, -0.05) is 24.3 Å². The summed E-state index contributed by atoms with van der Waals surface area (Å²) in [5, 5.41) is 0. The lowest BCUT2D eigenvalue weighted by atomic mass is 9.94. The Kier molecular flexibility index (Phi) is 5.41. The van der Waals surface area contributed by atoms with E-state index in [-0.39, 0.29) is 24.7 Å². The Morgan fingerprint density at radius 1 is 0.692 bits per heavy atom. The first-order valence-electron chi connectivity index (χ1n) is 10.1. The van der Waals surface area contributed by atoms with Gasteiger partial charge in [-0.2, -0.15) is 0 Å². The molecule has 26 heavy (non-hydrogen) atoms. The molecular formula is C20H30N4O2. The summed E-state index contributed by atoms with van der Waals surface area (Å²) in [5.74, 6) is 3.83. The van der Waals surface area contributed by atoms with E-state index in [1.165, 1.54) is 25.7 Å². The molecule has 4 aliphatic rings. The summed E-state index contributed by atoms with van der Waals surface area (Å²) in [4.78, 5) is 23.7. The van der Waals surface area contributed by atoms with E-state index in [1.807, 2.05) is 0 Å².